The van der Waals surface area contributed by atoms with Gasteiger partial charge in [0, 0.05) is 56.6 Å². The van der Waals surface area contributed by atoms with E-state index >= 15 is 0 Å². The minimum atomic E-state index is -0.374. The Hall–Kier alpha value is -3.09. The summed E-state index contributed by atoms with van der Waals surface area (Å²) in [4.78, 5) is 30.3. The first kappa shape index (κ1) is 19.2. The Morgan fingerprint density at radius 1 is 0.897 bits per heavy atom. The van der Waals surface area contributed by atoms with Gasteiger partial charge in [0.1, 0.15) is 5.69 Å². The zero-order valence-electron chi connectivity index (χ0n) is 16.7. The number of hydrogen-bond donors (Lipinski definition) is 0. The lowest BCUT2D eigenvalue weighted by Crippen LogP contribution is -2.49. The number of nitro benzene ring substituents is 1. The van der Waals surface area contributed by atoms with Gasteiger partial charge in [-0.15, -0.1) is 0 Å². The van der Waals surface area contributed by atoms with E-state index < -0.39 is 0 Å². The van der Waals surface area contributed by atoms with Gasteiger partial charge in [0.15, 0.2) is 0 Å². The third-order valence-corrected chi connectivity index (χ3v) is 5.89. The van der Waals surface area contributed by atoms with Gasteiger partial charge in [0.25, 0.3) is 11.6 Å². The molecule has 1 amide bonds. The monoisotopic (exact) mass is 394 g/mol. The Labute approximate surface area is 170 Å². The predicted molar refractivity (Wildman–Crippen MR) is 114 cm³/mol. The van der Waals surface area contributed by atoms with Crippen molar-refractivity contribution >= 4 is 23.0 Å². The van der Waals surface area contributed by atoms with Crippen LogP contribution >= 0.6 is 0 Å². The molecule has 0 aliphatic carbocycles. The van der Waals surface area contributed by atoms with E-state index in [4.69, 9.17) is 0 Å². The van der Waals surface area contributed by atoms with Crippen LogP contribution in [0.2, 0.25) is 0 Å². The maximum absolute atomic E-state index is 13.0. The topological polar surface area (TPSA) is 69.9 Å². The molecule has 2 aliphatic rings. The summed E-state index contributed by atoms with van der Waals surface area (Å²) in [6.45, 7) is 6.47. The average Bonchev–Trinajstić information content (AvgIpc) is 3.28. The number of amides is 1. The number of carbonyl (C=O) groups is 1. The van der Waals surface area contributed by atoms with E-state index in [0.29, 0.717) is 24.3 Å². The van der Waals surface area contributed by atoms with Crippen molar-refractivity contribution in [2.24, 2.45) is 0 Å². The van der Waals surface area contributed by atoms with E-state index in [2.05, 4.69) is 24.0 Å². The fourth-order valence-corrected chi connectivity index (χ4v) is 4.28. The molecule has 2 heterocycles. The highest BCUT2D eigenvalue weighted by Crippen LogP contribution is 2.32. The zero-order chi connectivity index (χ0) is 20.4. The molecule has 152 valence electrons. The number of carbonyl (C=O) groups excluding carboxylic acids is 1. The molecule has 7 nitrogen and oxygen atoms in total. The van der Waals surface area contributed by atoms with E-state index in [9.17, 15) is 14.9 Å². The maximum Gasteiger partial charge on any atom is 0.293 e. The molecular weight excluding hydrogens is 368 g/mol. The van der Waals surface area contributed by atoms with Crippen molar-refractivity contribution in [1.82, 2.24) is 4.90 Å². The Balaban J connectivity index is 1.48. The highest BCUT2D eigenvalue weighted by atomic mass is 16.6. The standard InChI is InChI=1S/C22H26N4O3/c1-17-6-2-3-7-19(17)24-12-14-25(15-13-24)22(27)18-8-9-20(21(16-18)26(28)29)23-10-4-5-11-23/h2-3,6-9,16H,4-5,10-15H2,1H3. The first-order valence-corrected chi connectivity index (χ1v) is 10.2. The second-order valence-corrected chi connectivity index (χ2v) is 7.72. The number of para-hydroxylation sites is 1. The Bertz CT molecular complexity index is 916. The second-order valence-electron chi connectivity index (χ2n) is 7.72. The van der Waals surface area contributed by atoms with Crippen LogP contribution in [0.25, 0.3) is 0 Å². The van der Waals surface area contributed by atoms with Crippen molar-refractivity contribution in [3.05, 3.63) is 63.7 Å². The van der Waals surface area contributed by atoms with Crippen LogP contribution in [0.5, 0.6) is 0 Å². The SMILES string of the molecule is Cc1ccccc1N1CCN(C(=O)c2ccc(N3CCCC3)c([N+](=O)[O-])c2)CC1. The number of aryl methyl sites for hydroxylation is 1. The van der Waals surface area contributed by atoms with Crippen LogP contribution < -0.4 is 9.80 Å². The van der Waals surface area contributed by atoms with Crippen LogP contribution in [0.15, 0.2) is 42.5 Å². The number of hydrogen-bond acceptors (Lipinski definition) is 5. The van der Waals surface area contributed by atoms with Gasteiger partial charge in [-0.3, -0.25) is 14.9 Å². The summed E-state index contributed by atoms with van der Waals surface area (Å²) in [6.07, 6.45) is 2.09. The summed E-state index contributed by atoms with van der Waals surface area (Å²) in [6, 6.07) is 13.2. The molecule has 2 aromatic rings. The third-order valence-electron chi connectivity index (χ3n) is 5.89. The summed E-state index contributed by atoms with van der Waals surface area (Å²) in [5.41, 5.74) is 3.46. The lowest BCUT2D eigenvalue weighted by atomic mass is 10.1. The lowest BCUT2D eigenvalue weighted by molar-refractivity contribution is -0.384. The predicted octanol–water partition coefficient (Wildman–Crippen LogP) is 3.47. The first-order chi connectivity index (χ1) is 14.0. The van der Waals surface area contributed by atoms with Crippen LogP contribution in [0.4, 0.5) is 17.1 Å². The molecule has 2 aromatic carbocycles. The van der Waals surface area contributed by atoms with Crippen molar-refractivity contribution < 1.29 is 9.72 Å². The molecule has 7 heteroatoms. The molecule has 0 bridgehead atoms. The molecule has 29 heavy (non-hydrogen) atoms. The summed E-state index contributed by atoms with van der Waals surface area (Å²) >= 11 is 0. The normalized spacial score (nSPS) is 16.9. The molecule has 2 saturated heterocycles. The van der Waals surface area contributed by atoms with E-state index in [1.165, 1.54) is 17.3 Å². The van der Waals surface area contributed by atoms with Crippen LogP contribution in [0.1, 0.15) is 28.8 Å². The van der Waals surface area contributed by atoms with E-state index in [1.54, 1.807) is 17.0 Å². The largest absolute Gasteiger partial charge is 0.368 e. The molecular formula is C22H26N4O3. The van der Waals surface area contributed by atoms with Crippen LogP contribution in [0, 0.1) is 17.0 Å². The molecule has 4 rings (SSSR count). The molecule has 0 atom stereocenters. The zero-order valence-corrected chi connectivity index (χ0v) is 16.7. The minimum Gasteiger partial charge on any atom is -0.368 e. The number of rotatable bonds is 4. The molecule has 0 radical (unpaired) electrons. The fourth-order valence-electron chi connectivity index (χ4n) is 4.28. The Morgan fingerprint density at radius 3 is 2.21 bits per heavy atom. The van der Waals surface area contributed by atoms with Gasteiger partial charge < -0.3 is 14.7 Å². The number of benzene rings is 2. The van der Waals surface area contributed by atoms with Gasteiger partial charge in [-0.1, -0.05) is 18.2 Å². The van der Waals surface area contributed by atoms with Crippen molar-refractivity contribution in [3.63, 3.8) is 0 Å². The summed E-state index contributed by atoms with van der Waals surface area (Å²) in [5, 5.41) is 11.6. The quantitative estimate of drug-likeness (QED) is 0.587. The molecule has 0 spiro atoms. The highest BCUT2D eigenvalue weighted by molar-refractivity contribution is 5.96. The molecule has 2 fully saturated rings. The summed E-state index contributed by atoms with van der Waals surface area (Å²) < 4.78 is 0. The minimum absolute atomic E-state index is 0.0243. The lowest BCUT2D eigenvalue weighted by Gasteiger charge is -2.36. The van der Waals surface area contributed by atoms with Crippen molar-refractivity contribution in [2.45, 2.75) is 19.8 Å². The van der Waals surface area contributed by atoms with Gasteiger partial charge in [0.2, 0.25) is 0 Å². The number of anilines is 2. The smallest absolute Gasteiger partial charge is 0.293 e. The second kappa shape index (κ2) is 8.11. The summed E-state index contributed by atoms with van der Waals surface area (Å²) in [5.74, 6) is -0.134. The van der Waals surface area contributed by atoms with Crippen LogP contribution in [-0.2, 0) is 0 Å². The Kier molecular flexibility index (Phi) is 5.38. The van der Waals surface area contributed by atoms with Gasteiger partial charge in [-0.2, -0.15) is 0 Å². The molecule has 0 aromatic heterocycles. The molecule has 0 N–H and O–H groups in total. The van der Waals surface area contributed by atoms with Crippen LogP contribution in [-0.4, -0.2) is 55.0 Å². The average molecular weight is 394 g/mol. The first-order valence-electron chi connectivity index (χ1n) is 10.2. The van der Waals surface area contributed by atoms with Gasteiger partial charge in [0.05, 0.1) is 4.92 Å². The summed E-state index contributed by atoms with van der Waals surface area (Å²) in [7, 11) is 0. The molecule has 2 aliphatic heterocycles. The van der Waals surface area contributed by atoms with E-state index in [0.717, 1.165) is 39.0 Å². The van der Waals surface area contributed by atoms with Crippen LogP contribution in [0.3, 0.4) is 0 Å². The van der Waals surface area contributed by atoms with Gasteiger partial charge in [-0.05, 0) is 43.5 Å². The number of nitrogens with zero attached hydrogens (tertiary/aromatic N) is 4. The third kappa shape index (κ3) is 3.90. The van der Waals surface area contributed by atoms with Crippen molar-refractivity contribution in [3.8, 4) is 0 Å². The van der Waals surface area contributed by atoms with E-state index in [-0.39, 0.29) is 16.5 Å². The Morgan fingerprint density at radius 2 is 1.55 bits per heavy atom. The van der Waals surface area contributed by atoms with Crippen molar-refractivity contribution in [1.29, 1.82) is 0 Å². The van der Waals surface area contributed by atoms with Gasteiger partial charge in [-0.25, -0.2) is 0 Å². The molecule has 0 saturated carbocycles. The molecule has 0 unspecified atom stereocenters. The number of piperazine rings is 1. The van der Waals surface area contributed by atoms with Crippen molar-refractivity contribution in [2.75, 3.05) is 49.1 Å². The number of nitro groups is 1. The highest BCUT2D eigenvalue weighted by Gasteiger charge is 2.27. The van der Waals surface area contributed by atoms with E-state index in [1.807, 2.05) is 17.0 Å². The maximum atomic E-state index is 13.0. The fraction of sp³-hybridized carbons (Fsp3) is 0.409. The van der Waals surface area contributed by atoms with Gasteiger partial charge >= 0.3 is 0 Å².